The van der Waals surface area contributed by atoms with Crippen molar-refractivity contribution in [2.75, 3.05) is 0 Å². The zero-order valence-corrected chi connectivity index (χ0v) is 32.2. The molecule has 0 saturated heterocycles. The molecule has 1 nitrogen and oxygen atoms in total. The highest BCUT2D eigenvalue weighted by molar-refractivity contribution is 5.27. The molecule has 4 rings (SSSR count). The largest absolute Gasteiger partial charge is 0.393 e. The second kappa shape index (κ2) is 19.2. The Morgan fingerprint density at radius 2 is 1.30 bits per heavy atom. The van der Waals surface area contributed by atoms with Gasteiger partial charge < -0.3 is 5.11 Å². The van der Waals surface area contributed by atoms with Crippen molar-refractivity contribution in [3.63, 3.8) is 0 Å². The van der Waals surface area contributed by atoms with Gasteiger partial charge in [-0.15, -0.1) is 0 Å². The third-order valence-electron chi connectivity index (χ3n) is 15.0. The molecular weight excluding hydrogens is 556 g/mol. The SMILES string of the molecule is CCCCCCCCCCCCCCCCCCC1C[C@H](O)CC2=CC[C@H]3[C@@H]4CC[C@H]([C@H](C)CCCC(C)C)[C@@]4(C)CC[C@@H]3[C@]21C. The van der Waals surface area contributed by atoms with Crippen LogP contribution in [0.3, 0.4) is 0 Å². The van der Waals surface area contributed by atoms with E-state index in [0.717, 1.165) is 48.3 Å². The molecule has 4 aliphatic carbocycles. The van der Waals surface area contributed by atoms with Gasteiger partial charge in [-0.3, -0.25) is 0 Å². The number of hydrogen-bond donors (Lipinski definition) is 1. The van der Waals surface area contributed by atoms with Crippen LogP contribution in [0, 0.1) is 52.3 Å². The monoisotopic (exact) mass is 639 g/mol. The summed E-state index contributed by atoms with van der Waals surface area (Å²) in [4.78, 5) is 0. The predicted molar refractivity (Wildman–Crippen MR) is 202 cm³/mol. The molecule has 0 aromatic rings. The molecule has 3 fully saturated rings. The first-order valence-electron chi connectivity index (χ1n) is 21.6. The van der Waals surface area contributed by atoms with Crippen molar-refractivity contribution in [2.24, 2.45) is 52.3 Å². The summed E-state index contributed by atoms with van der Waals surface area (Å²) < 4.78 is 0. The van der Waals surface area contributed by atoms with Gasteiger partial charge in [-0.2, -0.15) is 0 Å². The van der Waals surface area contributed by atoms with Crippen molar-refractivity contribution in [1.29, 1.82) is 0 Å². The van der Waals surface area contributed by atoms with Gasteiger partial charge in [-0.05, 0) is 104 Å². The smallest absolute Gasteiger partial charge is 0.0580 e. The van der Waals surface area contributed by atoms with Crippen molar-refractivity contribution in [3.05, 3.63) is 11.6 Å². The van der Waals surface area contributed by atoms with Crippen molar-refractivity contribution in [1.82, 2.24) is 0 Å². The van der Waals surface area contributed by atoms with Gasteiger partial charge in [0.1, 0.15) is 0 Å². The quantitative estimate of drug-likeness (QED) is 0.0924. The van der Waals surface area contributed by atoms with Crippen LogP contribution >= 0.6 is 0 Å². The number of aliphatic hydroxyl groups excluding tert-OH is 1. The average Bonchev–Trinajstić information content (AvgIpc) is 3.38. The van der Waals surface area contributed by atoms with Gasteiger partial charge in [0.2, 0.25) is 0 Å². The van der Waals surface area contributed by atoms with Crippen LogP contribution in [0.2, 0.25) is 0 Å². The molecule has 0 amide bonds. The van der Waals surface area contributed by atoms with Crippen LogP contribution in [0.5, 0.6) is 0 Å². The Kier molecular flexibility index (Phi) is 16.1. The highest BCUT2D eigenvalue weighted by atomic mass is 16.3. The summed E-state index contributed by atoms with van der Waals surface area (Å²) in [6.45, 7) is 15.1. The highest BCUT2D eigenvalue weighted by Crippen LogP contribution is 2.68. The maximum Gasteiger partial charge on any atom is 0.0580 e. The van der Waals surface area contributed by atoms with E-state index in [1.54, 1.807) is 5.57 Å². The molecule has 0 aromatic heterocycles. The van der Waals surface area contributed by atoms with Gasteiger partial charge >= 0.3 is 0 Å². The molecule has 9 atom stereocenters. The van der Waals surface area contributed by atoms with E-state index >= 15 is 0 Å². The van der Waals surface area contributed by atoms with E-state index in [2.05, 4.69) is 47.6 Å². The predicted octanol–water partition coefficient (Wildman–Crippen LogP) is 14.3. The minimum absolute atomic E-state index is 0.0988. The van der Waals surface area contributed by atoms with Crippen LogP contribution in [0.15, 0.2) is 11.6 Å². The van der Waals surface area contributed by atoms with Gasteiger partial charge in [0, 0.05) is 0 Å². The fourth-order valence-electron chi connectivity index (χ4n) is 12.3. The van der Waals surface area contributed by atoms with Gasteiger partial charge in [-0.1, -0.05) is 175 Å². The molecule has 0 aliphatic heterocycles. The lowest BCUT2D eigenvalue weighted by Crippen LogP contribution is -2.53. The first-order valence-corrected chi connectivity index (χ1v) is 21.6. The molecule has 46 heavy (non-hydrogen) atoms. The Bertz CT molecular complexity index is 872. The third-order valence-corrected chi connectivity index (χ3v) is 15.0. The number of allylic oxidation sites excluding steroid dienone is 1. The van der Waals surface area contributed by atoms with Crippen molar-refractivity contribution in [2.45, 2.75) is 221 Å². The molecule has 1 N–H and O–H groups in total. The minimum Gasteiger partial charge on any atom is -0.393 e. The Balaban J connectivity index is 1.19. The second-order valence-corrected chi connectivity index (χ2v) is 18.5. The Hall–Kier alpha value is -0.300. The molecule has 0 bridgehead atoms. The van der Waals surface area contributed by atoms with Gasteiger partial charge in [-0.25, -0.2) is 0 Å². The zero-order chi connectivity index (χ0) is 33.0. The van der Waals surface area contributed by atoms with Crippen LogP contribution in [0.25, 0.3) is 0 Å². The summed E-state index contributed by atoms with van der Waals surface area (Å²) >= 11 is 0. The summed E-state index contributed by atoms with van der Waals surface area (Å²) in [5.41, 5.74) is 2.59. The number of hydrogen-bond acceptors (Lipinski definition) is 1. The number of rotatable bonds is 22. The Morgan fingerprint density at radius 1 is 0.717 bits per heavy atom. The van der Waals surface area contributed by atoms with E-state index < -0.39 is 0 Å². The van der Waals surface area contributed by atoms with Crippen LogP contribution in [-0.4, -0.2) is 11.2 Å². The Labute approximate surface area is 289 Å². The molecule has 1 unspecified atom stereocenters. The average molecular weight is 639 g/mol. The molecule has 4 aliphatic rings. The van der Waals surface area contributed by atoms with Crippen molar-refractivity contribution >= 4 is 0 Å². The molecule has 3 saturated carbocycles. The summed E-state index contributed by atoms with van der Waals surface area (Å²) in [7, 11) is 0. The zero-order valence-electron chi connectivity index (χ0n) is 32.2. The van der Waals surface area contributed by atoms with Gasteiger partial charge in [0.15, 0.2) is 0 Å². The molecule has 0 radical (unpaired) electrons. The maximum absolute atomic E-state index is 11.0. The minimum atomic E-state index is -0.0988. The summed E-state index contributed by atoms with van der Waals surface area (Å²) in [5, 5.41) is 11.0. The number of unbranched alkanes of at least 4 members (excludes halogenated alkanes) is 15. The highest BCUT2D eigenvalue weighted by Gasteiger charge is 2.60. The first-order chi connectivity index (χ1) is 22.2. The molecule has 0 spiro atoms. The molecule has 0 heterocycles. The van der Waals surface area contributed by atoms with E-state index in [1.807, 2.05) is 0 Å². The normalized spacial score (nSPS) is 34.7. The summed E-state index contributed by atoms with van der Waals surface area (Å²) in [5.74, 6) is 6.06. The lowest BCUT2D eigenvalue weighted by Gasteiger charge is -2.61. The van der Waals surface area contributed by atoms with Gasteiger partial charge in [0.25, 0.3) is 0 Å². The van der Waals surface area contributed by atoms with E-state index in [1.165, 1.54) is 161 Å². The standard InChI is InChI=1S/C45H82O/c1-7-8-9-10-11-12-13-14-15-16-17-18-19-20-21-22-26-37-33-39(46)34-38-27-28-40-42-30-29-41(36(4)25-23-24-35(2)3)44(42,5)32-31-43(40)45(37,38)6/h27,35-37,39-43,46H,7-26,28-34H2,1-6H3/t36-,37?,39+,40+,41-,42+,43+,44-,45+/m1/s1. The molecule has 268 valence electrons. The molecule has 0 aromatic carbocycles. The van der Waals surface area contributed by atoms with Crippen LogP contribution in [-0.2, 0) is 0 Å². The summed E-state index contributed by atoms with van der Waals surface area (Å²) in [6.07, 6.45) is 40.5. The lowest BCUT2D eigenvalue weighted by molar-refractivity contribution is -0.0810. The fourth-order valence-corrected chi connectivity index (χ4v) is 12.3. The first kappa shape index (κ1) is 38.5. The summed E-state index contributed by atoms with van der Waals surface area (Å²) in [6, 6.07) is 0. The molecular formula is C45H82O. The van der Waals surface area contributed by atoms with E-state index in [0.29, 0.717) is 16.7 Å². The maximum atomic E-state index is 11.0. The Morgan fingerprint density at radius 3 is 1.89 bits per heavy atom. The van der Waals surface area contributed by atoms with Crippen molar-refractivity contribution in [3.8, 4) is 0 Å². The van der Waals surface area contributed by atoms with E-state index in [-0.39, 0.29) is 6.10 Å². The van der Waals surface area contributed by atoms with Crippen LogP contribution < -0.4 is 0 Å². The van der Waals surface area contributed by atoms with E-state index in [9.17, 15) is 5.11 Å². The second-order valence-electron chi connectivity index (χ2n) is 18.5. The molecule has 1 heteroatoms. The van der Waals surface area contributed by atoms with Crippen LogP contribution in [0.1, 0.15) is 215 Å². The van der Waals surface area contributed by atoms with Crippen LogP contribution in [0.4, 0.5) is 0 Å². The third kappa shape index (κ3) is 9.90. The topological polar surface area (TPSA) is 20.2 Å². The number of aliphatic hydroxyl groups is 1. The van der Waals surface area contributed by atoms with Crippen molar-refractivity contribution < 1.29 is 5.11 Å². The van der Waals surface area contributed by atoms with E-state index in [4.69, 9.17) is 0 Å². The van der Waals surface area contributed by atoms with Gasteiger partial charge in [0.05, 0.1) is 6.10 Å². The number of fused-ring (bicyclic) bond motifs is 5. The fraction of sp³-hybridized carbons (Fsp3) is 0.956. The lowest BCUT2D eigenvalue weighted by atomic mass is 9.44.